The number of benzene rings is 1. The lowest BCUT2D eigenvalue weighted by molar-refractivity contribution is -0.144. The Hall–Kier alpha value is -3.32. The summed E-state index contributed by atoms with van der Waals surface area (Å²) in [5.74, 6) is -1.94. The summed E-state index contributed by atoms with van der Waals surface area (Å²) in [6.45, 7) is 0. The van der Waals surface area contributed by atoms with E-state index in [0.29, 0.717) is 15.2 Å². The third-order valence-electron chi connectivity index (χ3n) is 4.28. The zero-order chi connectivity index (χ0) is 23.8. The van der Waals surface area contributed by atoms with Gasteiger partial charge in [-0.1, -0.05) is 23.7 Å². The van der Waals surface area contributed by atoms with Crippen molar-refractivity contribution in [2.45, 2.75) is 11.9 Å². The van der Waals surface area contributed by atoms with Crippen LogP contribution in [0.1, 0.15) is 21.6 Å². The number of alkyl halides is 3. The van der Waals surface area contributed by atoms with E-state index < -0.39 is 44.8 Å². The van der Waals surface area contributed by atoms with Gasteiger partial charge in [0.2, 0.25) is 10.0 Å². The van der Waals surface area contributed by atoms with Crippen molar-refractivity contribution in [2.75, 3.05) is 0 Å². The van der Waals surface area contributed by atoms with Gasteiger partial charge in [-0.2, -0.15) is 13.2 Å². The average molecular weight is 491 g/mol. The third-order valence-corrected chi connectivity index (χ3v) is 5.72. The molecule has 14 heteroatoms. The molecule has 2 aromatic heterocycles. The lowest BCUT2D eigenvalue weighted by Crippen LogP contribution is -2.40. The van der Waals surface area contributed by atoms with Crippen LogP contribution < -0.4 is 16.0 Å². The molecule has 0 bridgehead atoms. The number of nitrogens with zero attached hydrogens (tertiary/aromatic N) is 2. The second-order valence-corrected chi connectivity index (χ2v) is 8.80. The fourth-order valence-electron chi connectivity index (χ4n) is 2.84. The molecule has 1 amide bonds. The van der Waals surface area contributed by atoms with Crippen molar-refractivity contribution >= 4 is 27.5 Å². The molecule has 1 aromatic carbocycles. The summed E-state index contributed by atoms with van der Waals surface area (Å²) in [5, 5.41) is 0.308. The number of aromatic amines is 1. The Morgan fingerprint density at radius 2 is 1.88 bits per heavy atom. The lowest BCUT2D eigenvalue weighted by Gasteiger charge is -2.12. The summed E-state index contributed by atoms with van der Waals surface area (Å²) in [5.41, 5.74) is -3.99. The van der Waals surface area contributed by atoms with E-state index in [4.69, 9.17) is 11.6 Å². The summed E-state index contributed by atoms with van der Waals surface area (Å²) >= 11 is 5.80. The Morgan fingerprint density at radius 3 is 2.50 bits per heavy atom. The predicted molar refractivity (Wildman–Crippen MR) is 108 cm³/mol. The summed E-state index contributed by atoms with van der Waals surface area (Å²) in [6.07, 6.45) is -3.92. The standard InChI is InChI=1S/C18H14ClF3N4O5S/c1-25-13(18(20,21)22)7-15(27)26(17(25)29)14-6-11(8-23-14)16(28)24-32(30,31)9-10-3-2-4-12(19)5-10/h2-8,23H,9H2,1H3,(H,24,28). The van der Waals surface area contributed by atoms with Gasteiger partial charge in [0.1, 0.15) is 11.5 Å². The highest BCUT2D eigenvalue weighted by atomic mass is 35.5. The maximum Gasteiger partial charge on any atom is 0.431 e. The molecule has 0 aliphatic rings. The normalized spacial score (nSPS) is 12.0. The Kier molecular flexibility index (Phi) is 6.07. The number of H-pyrrole nitrogens is 1. The highest BCUT2D eigenvalue weighted by Crippen LogP contribution is 2.27. The van der Waals surface area contributed by atoms with Crippen molar-refractivity contribution < 1.29 is 26.4 Å². The quantitative estimate of drug-likeness (QED) is 0.564. The van der Waals surface area contributed by atoms with E-state index in [1.165, 1.54) is 18.2 Å². The molecular weight excluding hydrogens is 477 g/mol. The van der Waals surface area contributed by atoms with Gasteiger partial charge >= 0.3 is 11.9 Å². The molecule has 3 rings (SSSR count). The topological polar surface area (TPSA) is 123 Å². The second-order valence-electron chi connectivity index (χ2n) is 6.64. The third kappa shape index (κ3) is 4.94. The Bertz CT molecular complexity index is 1420. The van der Waals surface area contributed by atoms with Crippen molar-refractivity contribution in [1.29, 1.82) is 0 Å². The second kappa shape index (κ2) is 8.31. The van der Waals surface area contributed by atoms with Crippen LogP contribution in [0, 0.1) is 0 Å². The van der Waals surface area contributed by atoms with Gasteiger partial charge in [-0.25, -0.2) is 22.5 Å². The van der Waals surface area contributed by atoms with Gasteiger partial charge in [-0.15, -0.1) is 0 Å². The Morgan fingerprint density at radius 1 is 1.19 bits per heavy atom. The fraction of sp³-hybridized carbons (Fsp3) is 0.167. The SMILES string of the molecule is Cn1c(C(F)(F)F)cc(=O)n(-c2cc(C(=O)NS(=O)(=O)Cc3cccc(Cl)c3)c[nH]2)c1=O. The summed E-state index contributed by atoms with van der Waals surface area (Å²) in [6, 6.07) is 7.18. The van der Waals surface area contributed by atoms with Crippen LogP contribution in [0.15, 0.2) is 52.2 Å². The van der Waals surface area contributed by atoms with Gasteiger partial charge in [0.15, 0.2) is 0 Å². The first-order valence-corrected chi connectivity index (χ1v) is 10.7. The Labute approximate surface area is 183 Å². The van der Waals surface area contributed by atoms with Gasteiger partial charge in [0.25, 0.3) is 11.5 Å². The number of halogens is 4. The van der Waals surface area contributed by atoms with E-state index in [0.717, 1.165) is 19.3 Å². The molecule has 0 saturated carbocycles. The van der Waals surface area contributed by atoms with Crippen LogP contribution in [0.5, 0.6) is 0 Å². The highest BCUT2D eigenvalue weighted by Gasteiger charge is 2.35. The minimum absolute atomic E-state index is 0.234. The molecule has 0 aliphatic heterocycles. The molecule has 0 unspecified atom stereocenters. The van der Waals surface area contributed by atoms with Crippen LogP contribution in [-0.4, -0.2) is 28.4 Å². The van der Waals surface area contributed by atoms with Gasteiger partial charge in [0, 0.05) is 24.3 Å². The highest BCUT2D eigenvalue weighted by molar-refractivity contribution is 7.89. The number of sulfonamides is 1. The number of aromatic nitrogens is 3. The van der Waals surface area contributed by atoms with Crippen molar-refractivity contribution in [3.05, 3.63) is 85.3 Å². The molecule has 0 aliphatic carbocycles. The van der Waals surface area contributed by atoms with Crippen LogP contribution in [0.3, 0.4) is 0 Å². The molecule has 0 radical (unpaired) electrons. The lowest BCUT2D eigenvalue weighted by atomic mass is 10.2. The molecular formula is C18H14ClF3N4O5S. The number of hydrogen-bond donors (Lipinski definition) is 2. The van der Waals surface area contributed by atoms with Crippen LogP contribution in [0.4, 0.5) is 13.2 Å². The zero-order valence-electron chi connectivity index (χ0n) is 16.1. The van der Waals surface area contributed by atoms with Crippen LogP contribution in [0.25, 0.3) is 5.82 Å². The molecule has 0 saturated heterocycles. The zero-order valence-corrected chi connectivity index (χ0v) is 17.7. The molecule has 32 heavy (non-hydrogen) atoms. The first-order valence-electron chi connectivity index (χ1n) is 8.67. The van der Waals surface area contributed by atoms with Gasteiger partial charge < -0.3 is 4.98 Å². The van der Waals surface area contributed by atoms with Crippen LogP contribution >= 0.6 is 11.6 Å². The molecule has 0 spiro atoms. The van der Waals surface area contributed by atoms with E-state index in [-0.39, 0.29) is 22.0 Å². The van der Waals surface area contributed by atoms with E-state index in [9.17, 15) is 36.0 Å². The molecule has 2 N–H and O–H groups in total. The minimum atomic E-state index is -4.93. The number of carbonyl (C=O) groups excluding carboxylic acids is 1. The first kappa shape index (κ1) is 23.3. The van der Waals surface area contributed by atoms with Crippen molar-refractivity contribution in [3.8, 4) is 5.82 Å². The van der Waals surface area contributed by atoms with Crippen LogP contribution in [-0.2, 0) is 29.0 Å². The smallest absolute Gasteiger partial charge is 0.347 e. The van der Waals surface area contributed by atoms with E-state index in [1.54, 1.807) is 6.07 Å². The molecule has 9 nitrogen and oxygen atoms in total. The maximum atomic E-state index is 13.0. The summed E-state index contributed by atoms with van der Waals surface area (Å²) in [7, 11) is -3.30. The van der Waals surface area contributed by atoms with E-state index in [1.807, 2.05) is 4.72 Å². The van der Waals surface area contributed by atoms with Crippen molar-refractivity contribution in [2.24, 2.45) is 7.05 Å². The molecule has 0 fully saturated rings. The van der Waals surface area contributed by atoms with E-state index >= 15 is 0 Å². The number of rotatable bonds is 5. The maximum absolute atomic E-state index is 13.0. The van der Waals surface area contributed by atoms with Gasteiger partial charge in [-0.05, 0) is 23.8 Å². The number of carbonyl (C=O) groups is 1. The number of amides is 1. The summed E-state index contributed by atoms with van der Waals surface area (Å²) < 4.78 is 65.8. The average Bonchev–Trinajstić information content (AvgIpc) is 3.13. The van der Waals surface area contributed by atoms with Crippen LogP contribution in [0.2, 0.25) is 5.02 Å². The molecule has 3 aromatic rings. The van der Waals surface area contributed by atoms with Gasteiger partial charge in [0.05, 0.1) is 11.3 Å². The van der Waals surface area contributed by atoms with E-state index in [2.05, 4.69) is 4.98 Å². The first-order chi connectivity index (χ1) is 14.8. The number of nitrogens with one attached hydrogen (secondary N) is 2. The molecule has 170 valence electrons. The summed E-state index contributed by atoms with van der Waals surface area (Å²) in [4.78, 5) is 39.2. The monoisotopic (exact) mass is 490 g/mol. The van der Waals surface area contributed by atoms with Gasteiger partial charge in [-0.3, -0.25) is 14.2 Å². The van der Waals surface area contributed by atoms with Crippen molar-refractivity contribution in [1.82, 2.24) is 18.8 Å². The fourth-order valence-corrected chi connectivity index (χ4v) is 4.15. The van der Waals surface area contributed by atoms with Crippen molar-refractivity contribution in [3.63, 3.8) is 0 Å². The largest absolute Gasteiger partial charge is 0.431 e. The Balaban J connectivity index is 1.87. The molecule has 2 heterocycles. The number of hydrogen-bond acceptors (Lipinski definition) is 5. The molecule has 0 atom stereocenters. The predicted octanol–water partition coefficient (Wildman–Crippen LogP) is 1.80. The minimum Gasteiger partial charge on any atom is -0.347 e.